The van der Waals surface area contributed by atoms with Crippen LogP contribution in [0.3, 0.4) is 0 Å². The Hall–Kier alpha value is -0.890. The van der Waals surface area contributed by atoms with Gasteiger partial charge in [-0.2, -0.15) is 0 Å². The van der Waals surface area contributed by atoms with Crippen molar-refractivity contribution in [1.82, 2.24) is 0 Å². The summed E-state index contributed by atoms with van der Waals surface area (Å²) in [6, 6.07) is 6.99. The van der Waals surface area contributed by atoms with Gasteiger partial charge in [0.2, 0.25) is 0 Å². The van der Waals surface area contributed by atoms with E-state index in [2.05, 4.69) is 20.8 Å². The molecule has 1 fully saturated rings. The van der Waals surface area contributed by atoms with Crippen LogP contribution in [-0.4, -0.2) is 6.54 Å². The standard InChI is InChI=1S/C18H28FN/c1-17(2,3)15-7-9-18(13-20,10-8-15)12-14-5-4-6-16(19)11-14/h4-6,11,15H,7-10,12-13,20H2,1-3H3. The topological polar surface area (TPSA) is 26.0 Å². The molecule has 2 heteroatoms. The van der Waals surface area contributed by atoms with Crippen LogP contribution >= 0.6 is 0 Å². The fourth-order valence-electron chi connectivity index (χ4n) is 3.63. The van der Waals surface area contributed by atoms with Gasteiger partial charge in [0.05, 0.1) is 0 Å². The maximum Gasteiger partial charge on any atom is 0.123 e. The molecular formula is C18H28FN. The van der Waals surface area contributed by atoms with E-state index < -0.39 is 0 Å². The van der Waals surface area contributed by atoms with E-state index in [1.54, 1.807) is 12.1 Å². The summed E-state index contributed by atoms with van der Waals surface area (Å²) < 4.78 is 13.3. The summed E-state index contributed by atoms with van der Waals surface area (Å²) in [6.45, 7) is 7.71. The Morgan fingerprint density at radius 1 is 1.25 bits per heavy atom. The zero-order chi connectivity index (χ0) is 14.8. The first kappa shape index (κ1) is 15.5. The summed E-state index contributed by atoms with van der Waals surface area (Å²) in [5.41, 5.74) is 7.74. The van der Waals surface area contributed by atoms with Crippen molar-refractivity contribution >= 4 is 0 Å². The van der Waals surface area contributed by atoms with Crippen LogP contribution in [0, 0.1) is 22.6 Å². The largest absolute Gasteiger partial charge is 0.330 e. The Bertz CT molecular complexity index is 439. The molecule has 0 bridgehead atoms. The van der Waals surface area contributed by atoms with E-state index in [0.29, 0.717) is 12.0 Å². The lowest BCUT2D eigenvalue weighted by Gasteiger charge is -2.44. The highest BCUT2D eigenvalue weighted by molar-refractivity contribution is 5.18. The van der Waals surface area contributed by atoms with Crippen molar-refractivity contribution in [2.24, 2.45) is 22.5 Å². The molecule has 2 N–H and O–H groups in total. The molecule has 0 unspecified atom stereocenters. The molecule has 1 aliphatic rings. The van der Waals surface area contributed by atoms with E-state index in [-0.39, 0.29) is 11.2 Å². The summed E-state index contributed by atoms with van der Waals surface area (Å²) in [5.74, 6) is 0.646. The van der Waals surface area contributed by atoms with E-state index in [1.807, 2.05) is 6.07 Å². The fourth-order valence-corrected chi connectivity index (χ4v) is 3.63. The molecule has 1 aliphatic carbocycles. The summed E-state index contributed by atoms with van der Waals surface area (Å²) in [4.78, 5) is 0. The fraction of sp³-hybridized carbons (Fsp3) is 0.667. The van der Waals surface area contributed by atoms with Crippen molar-refractivity contribution in [2.45, 2.75) is 52.9 Å². The minimum atomic E-state index is -0.141. The molecule has 0 radical (unpaired) electrons. The Morgan fingerprint density at radius 3 is 2.40 bits per heavy atom. The van der Waals surface area contributed by atoms with Gasteiger partial charge in [-0.15, -0.1) is 0 Å². The molecule has 1 aromatic carbocycles. The molecule has 0 aliphatic heterocycles. The van der Waals surface area contributed by atoms with Crippen molar-refractivity contribution in [3.63, 3.8) is 0 Å². The molecule has 0 spiro atoms. The third kappa shape index (κ3) is 3.60. The number of halogens is 1. The maximum atomic E-state index is 13.3. The molecule has 0 heterocycles. The first-order chi connectivity index (χ1) is 9.35. The molecule has 0 amide bonds. The third-order valence-electron chi connectivity index (χ3n) is 5.17. The van der Waals surface area contributed by atoms with E-state index >= 15 is 0 Å². The third-order valence-corrected chi connectivity index (χ3v) is 5.17. The van der Waals surface area contributed by atoms with E-state index in [9.17, 15) is 4.39 Å². The van der Waals surface area contributed by atoms with Gasteiger partial charge < -0.3 is 5.73 Å². The van der Waals surface area contributed by atoms with Gasteiger partial charge in [-0.1, -0.05) is 32.9 Å². The average molecular weight is 277 g/mol. The molecule has 112 valence electrons. The number of hydrogen-bond donors (Lipinski definition) is 1. The monoisotopic (exact) mass is 277 g/mol. The van der Waals surface area contributed by atoms with Gasteiger partial charge in [0.1, 0.15) is 5.82 Å². The smallest absolute Gasteiger partial charge is 0.123 e. The highest BCUT2D eigenvalue weighted by Crippen LogP contribution is 2.46. The van der Waals surface area contributed by atoms with Gasteiger partial charge in [-0.3, -0.25) is 0 Å². The predicted molar refractivity (Wildman–Crippen MR) is 83.0 cm³/mol. The first-order valence-corrected chi connectivity index (χ1v) is 7.79. The minimum absolute atomic E-state index is 0.141. The number of nitrogens with two attached hydrogens (primary N) is 1. The van der Waals surface area contributed by atoms with Gasteiger partial charge >= 0.3 is 0 Å². The van der Waals surface area contributed by atoms with Crippen molar-refractivity contribution in [3.05, 3.63) is 35.6 Å². The van der Waals surface area contributed by atoms with Crippen LogP contribution in [0.5, 0.6) is 0 Å². The van der Waals surface area contributed by atoms with E-state index in [0.717, 1.165) is 17.9 Å². The van der Waals surface area contributed by atoms with E-state index in [1.165, 1.54) is 31.7 Å². The van der Waals surface area contributed by atoms with Crippen LogP contribution in [0.4, 0.5) is 4.39 Å². The lowest BCUT2D eigenvalue weighted by Crippen LogP contribution is -2.39. The zero-order valence-electron chi connectivity index (χ0n) is 13.1. The molecule has 0 saturated heterocycles. The van der Waals surface area contributed by atoms with Gasteiger partial charge in [0, 0.05) is 0 Å². The Kier molecular flexibility index (Phi) is 4.53. The van der Waals surface area contributed by atoms with Crippen LogP contribution in [0.15, 0.2) is 24.3 Å². The summed E-state index contributed by atoms with van der Waals surface area (Å²) >= 11 is 0. The Morgan fingerprint density at radius 2 is 1.90 bits per heavy atom. The predicted octanol–water partition coefficient (Wildman–Crippen LogP) is 4.55. The van der Waals surface area contributed by atoms with Crippen molar-refractivity contribution in [1.29, 1.82) is 0 Å². The molecule has 0 atom stereocenters. The lowest BCUT2D eigenvalue weighted by molar-refractivity contribution is 0.0926. The quantitative estimate of drug-likeness (QED) is 0.861. The molecule has 20 heavy (non-hydrogen) atoms. The molecule has 0 aromatic heterocycles. The molecule has 1 nitrogen and oxygen atoms in total. The van der Waals surface area contributed by atoms with Gasteiger partial charge in [-0.25, -0.2) is 4.39 Å². The normalized spacial score (nSPS) is 27.6. The van der Waals surface area contributed by atoms with Crippen molar-refractivity contribution < 1.29 is 4.39 Å². The molecular weight excluding hydrogens is 249 g/mol. The van der Waals surface area contributed by atoms with Gasteiger partial charge in [0.25, 0.3) is 0 Å². The Balaban J connectivity index is 2.05. The van der Waals surface area contributed by atoms with Crippen LogP contribution in [0.2, 0.25) is 0 Å². The molecule has 1 aromatic rings. The van der Waals surface area contributed by atoms with Crippen LogP contribution in [0.25, 0.3) is 0 Å². The minimum Gasteiger partial charge on any atom is -0.330 e. The number of rotatable bonds is 3. The second-order valence-corrected chi connectivity index (χ2v) is 7.65. The number of hydrogen-bond acceptors (Lipinski definition) is 1. The number of benzene rings is 1. The second-order valence-electron chi connectivity index (χ2n) is 7.65. The summed E-state index contributed by atoms with van der Waals surface area (Å²) in [5, 5.41) is 0. The highest BCUT2D eigenvalue weighted by atomic mass is 19.1. The lowest BCUT2D eigenvalue weighted by atomic mass is 9.62. The van der Waals surface area contributed by atoms with Crippen LogP contribution in [-0.2, 0) is 6.42 Å². The van der Waals surface area contributed by atoms with Crippen LogP contribution < -0.4 is 5.73 Å². The van der Waals surface area contributed by atoms with Crippen LogP contribution in [0.1, 0.15) is 52.0 Å². The second kappa shape index (κ2) is 5.85. The van der Waals surface area contributed by atoms with Gasteiger partial charge in [-0.05, 0) is 73.1 Å². The summed E-state index contributed by atoms with van der Waals surface area (Å²) in [6.07, 6.45) is 5.74. The van der Waals surface area contributed by atoms with Crippen molar-refractivity contribution in [3.8, 4) is 0 Å². The molecule has 1 saturated carbocycles. The first-order valence-electron chi connectivity index (χ1n) is 7.79. The van der Waals surface area contributed by atoms with Gasteiger partial charge in [0.15, 0.2) is 0 Å². The Labute approximate surface area is 122 Å². The van der Waals surface area contributed by atoms with Crippen molar-refractivity contribution in [2.75, 3.05) is 6.54 Å². The maximum absolute atomic E-state index is 13.3. The average Bonchev–Trinajstić information content (AvgIpc) is 2.38. The molecule has 2 rings (SSSR count). The zero-order valence-corrected chi connectivity index (χ0v) is 13.1. The van der Waals surface area contributed by atoms with E-state index in [4.69, 9.17) is 5.73 Å². The highest BCUT2D eigenvalue weighted by Gasteiger charge is 2.37. The SMILES string of the molecule is CC(C)(C)C1CCC(CN)(Cc2cccc(F)c2)CC1. The summed E-state index contributed by atoms with van der Waals surface area (Å²) in [7, 11) is 0.